The second-order valence-corrected chi connectivity index (χ2v) is 6.56. The zero-order valence-electron chi connectivity index (χ0n) is 12.5. The number of alkyl halides is 1. The van der Waals surface area contributed by atoms with Gasteiger partial charge in [0.1, 0.15) is 0 Å². The van der Waals surface area contributed by atoms with Crippen LogP contribution in [-0.2, 0) is 9.63 Å². The van der Waals surface area contributed by atoms with Crippen LogP contribution in [0, 0.1) is 0 Å². The largest absolute Gasteiger partial charge is 0.274 e. The molecule has 0 radical (unpaired) electrons. The summed E-state index contributed by atoms with van der Waals surface area (Å²) in [5, 5.41) is 1.23. The minimum Gasteiger partial charge on any atom is -0.274 e. The summed E-state index contributed by atoms with van der Waals surface area (Å²) in [6, 6.07) is 0. The number of halogens is 1. The number of rotatable bonds is 11. The number of hydroxylamine groups is 2. The third-order valence-electron chi connectivity index (χ3n) is 3.10. The molecule has 0 aromatic heterocycles. The SMILES string of the molecule is CCCCCCC(I)CCC/C=C/C(=O)N(C)OC. The van der Waals surface area contributed by atoms with E-state index in [1.165, 1.54) is 50.7 Å². The van der Waals surface area contributed by atoms with Gasteiger partial charge in [0.15, 0.2) is 0 Å². The van der Waals surface area contributed by atoms with E-state index in [0.717, 1.165) is 16.8 Å². The van der Waals surface area contributed by atoms with Crippen molar-refractivity contribution in [2.24, 2.45) is 0 Å². The van der Waals surface area contributed by atoms with E-state index in [4.69, 9.17) is 4.84 Å². The summed E-state index contributed by atoms with van der Waals surface area (Å²) in [6.07, 6.45) is 13.6. The van der Waals surface area contributed by atoms with Crippen LogP contribution in [0.5, 0.6) is 0 Å². The molecule has 3 nitrogen and oxygen atoms in total. The van der Waals surface area contributed by atoms with Gasteiger partial charge in [0.25, 0.3) is 5.91 Å². The molecule has 0 saturated heterocycles. The van der Waals surface area contributed by atoms with E-state index < -0.39 is 0 Å². The molecule has 0 saturated carbocycles. The first-order valence-corrected chi connectivity index (χ1v) is 8.48. The van der Waals surface area contributed by atoms with E-state index in [1.54, 1.807) is 13.1 Å². The summed E-state index contributed by atoms with van der Waals surface area (Å²) in [6.45, 7) is 2.25. The van der Waals surface area contributed by atoms with Crippen LogP contribution >= 0.6 is 22.6 Å². The molecule has 112 valence electrons. The predicted octanol–water partition coefficient (Wildman–Crippen LogP) is 4.51. The highest BCUT2D eigenvalue weighted by Gasteiger charge is 2.04. The molecule has 0 heterocycles. The molecule has 0 bridgehead atoms. The van der Waals surface area contributed by atoms with Crippen LogP contribution in [-0.4, -0.2) is 29.1 Å². The fraction of sp³-hybridized carbons (Fsp3) is 0.800. The predicted molar refractivity (Wildman–Crippen MR) is 89.3 cm³/mol. The summed E-state index contributed by atoms with van der Waals surface area (Å²) in [5.74, 6) is -0.104. The normalized spacial score (nSPS) is 12.8. The van der Waals surface area contributed by atoms with Gasteiger partial charge in [0, 0.05) is 17.0 Å². The summed E-state index contributed by atoms with van der Waals surface area (Å²) < 4.78 is 0.778. The number of likely N-dealkylation sites (N-methyl/N-ethyl adjacent to an activating group) is 1. The van der Waals surface area contributed by atoms with Gasteiger partial charge in [-0.15, -0.1) is 0 Å². The maximum atomic E-state index is 11.4. The van der Waals surface area contributed by atoms with Crippen LogP contribution in [0.15, 0.2) is 12.2 Å². The third kappa shape index (κ3) is 11.4. The fourth-order valence-corrected chi connectivity index (χ4v) is 2.65. The summed E-state index contributed by atoms with van der Waals surface area (Å²) >= 11 is 2.56. The summed E-state index contributed by atoms with van der Waals surface area (Å²) in [5.41, 5.74) is 0. The van der Waals surface area contributed by atoms with Gasteiger partial charge >= 0.3 is 0 Å². The molecule has 1 amide bonds. The fourth-order valence-electron chi connectivity index (χ4n) is 1.77. The molecule has 0 aromatic carbocycles. The minimum absolute atomic E-state index is 0.104. The van der Waals surface area contributed by atoms with Crippen molar-refractivity contribution < 1.29 is 9.63 Å². The third-order valence-corrected chi connectivity index (χ3v) is 4.35. The number of hydrogen-bond donors (Lipinski definition) is 0. The Balaban J connectivity index is 3.52. The molecule has 0 aliphatic heterocycles. The molecular formula is C15H28INO2. The number of amides is 1. The second-order valence-electron chi connectivity index (χ2n) is 4.80. The number of carbonyl (C=O) groups is 1. The van der Waals surface area contributed by atoms with Gasteiger partial charge in [-0.2, -0.15) is 0 Å². The topological polar surface area (TPSA) is 29.5 Å². The van der Waals surface area contributed by atoms with Crippen molar-refractivity contribution in [2.45, 2.75) is 62.2 Å². The van der Waals surface area contributed by atoms with E-state index >= 15 is 0 Å². The molecule has 1 atom stereocenters. The lowest BCUT2D eigenvalue weighted by Gasteiger charge is -2.10. The average molecular weight is 381 g/mol. The van der Waals surface area contributed by atoms with Crippen LogP contribution in [0.4, 0.5) is 0 Å². The molecular weight excluding hydrogens is 353 g/mol. The molecule has 0 aliphatic rings. The van der Waals surface area contributed by atoms with Gasteiger partial charge in [0.2, 0.25) is 0 Å². The van der Waals surface area contributed by atoms with Crippen molar-refractivity contribution >= 4 is 28.5 Å². The Hall–Kier alpha value is -0.100. The first-order chi connectivity index (χ1) is 9.11. The van der Waals surface area contributed by atoms with Crippen molar-refractivity contribution in [1.29, 1.82) is 0 Å². The molecule has 0 aromatic rings. The first-order valence-electron chi connectivity index (χ1n) is 7.24. The zero-order chi connectivity index (χ0) is 14.5. The Bertz CT molecular complexity index is 257. The Kier molecular flexibility index (Phi) is 12.8. The zero-order valence-corrected chi connectivity index (χ0v) is 14.7. The minimum atomic E-state index is -0.104. The number of unbranched alkanes of at least 4 members (excludes halogenated alkanes) is 4. The van der Waals surface area contributed by atoms with Gasteiger partial charge in [-0.3, -0.25) is 9.63 Å². The van der Waals surface area contributed by atoms with Gasteiger partial charge in [-0.05, 0) is 25.7 Å². The van der Waals surface area contributed by atoms with E-state index in [-0.39, 0.29) is 5.91 Å². The summed E-state index contributed by atoms with van der Waals surface area (Å²) in [7, 11) is 3.11. The average Bonchev–Trinajstić information content (AvgIpc) is 2.42. The summed E-state index contributed by atoms with van der Waals surface area (Å²) in [4.78, 5) is 16.2. The first kappa shape index (κ1) is 18.9. The van der Waals surface area contributed by atoms with E-state index in [2.05, 4.69) is 29.5 Å². The molecule has 1 unspecified atom stereocenters. The van der Waals surface area contributed by atoms with E-state index in [1.807, 2.05) is 6.08 Å². The molecule has 4 heteroatoms. The van der Waals surface area contributed by atoms with Crippen LogP contribution < -0.4 is 0 Å². The van der Waals surface area contributed by atoms with Crippen LogP contribution in [0.25, 0.3) is 0 Å². The Labute approximate surface area is 131 Å². The lowest BCUT2D eigenvalue weighted by atomic mass is 10.1. The highest BCUT2D eigenvalue weighted by Crippen LogP contribution is 2.18. The van der Waals surface area contributed by atoms with Gasteiger partial charge in [-0.25, -0.2) is 5.06 Å². The Morgan fingerprint density at radius 1 is 1.26 bits per heavy atom. The van der Waals surface area contributed by atoms with Crippen molar-refractivity contribution in [1.82, 2.24) is 5.06 Å². The van der Waals surface area contributed by atoms with Crippen LogP contribution in [0.2, 0.25) is 0 Å². The lowest BCUT2D eigenvalue weighted by molar-refractivity contribution is -0.162. The highest BCUT2D eigenvalue weighted by molar-refractivity contribution is 14.1. The molecule has 19 heavy (non-hydrogen) atoms. The molecule has 0 N–H and O–H groups in total. The van der Waals surface area contributed by atoms with Gasteiger partial charge < -0.3 is 0 Å². The molecule has 0 spiro atoms. The van der Waals surface area contributed by atoms with Crippen molar-refractivity contribution in [3.05, 3.63) is 12.2 Å². The molecule has 0 fully saturated rings. The maximum Gasteiger partial charge on any atom is 0.269 e. The van der Waals surface area contributed by atoms with Crippen molar-refractivity contribution in [3.63, 3.8) is 0 Å². The highest BCUT2D eigenvalue weighted by atomic mass is 127. The van der Waals surface area contributed by atoms with Crippen molar-refractivity contribution in [2.75, 3.05) is 14.2 Å². The Morgan fingerprint density at radius 2 is 1.95 bits per heavy atom. The monoisotopic (exact) mass is 381 g/mol. The number of nitrogens with zero attached hydrogens (tertiary/aromatic N) is 1. The second kappa shape index (κ2) is 12.9. The molecule has 0 aliphatic carbocycles. The van der Waals surface area contributed by atoms with Gasteiger partial charge in [-0.1, -0.05) is 61.3 Å². The maximum absolute atomic E-state index is 11.4. The van der Waals surface area contributed by atoms with E-state index in [9.17, 15) is 4.79 Å². The number of allylic oxidation sites excluding steroid dienone is 1. The standard InChI is InChI=1S/C15H28INO2/c1-4-5-6-8-11-14(16)12-9-7-10-13-15(18)17(2)19-3/h10,13-14H,4-9,11-12H2,1-3H3/b13-10+. The van der Waals surface area contributed by atoms with E-state index in [0.29, 0.717) is 0 Å². The van der Waals surface area contributed by atoms with Gasteiger partial charge in [0.05, 0.1) is 7.11 Å². The van der Waals surface area contributed by atoms with Crippen LogP contribution in [0.1, 0.15) is 58.3 Å². The molecule has 0 rings (SSSR count). The smallest absolute Gasteiger partial charge is 0.269 e. The number of hydrogen-bond acceptors (Lipinski definition) is 2. The number of carbonyl (C=O) groups excluding carboxylic acids is 1. The van der Waals surface area contributed by atoms with Crippen molar-refractivity contribution in [3.8, 4) is 0 Å². The Morgan fingerprint density at radius 3 is 2.58 bits per heavy atom. The lowest BCUT2D eigenvalue weighted by Crippen LogP contribution is -2.23. The van der Waals surface area contributed by atoms with Crippen LogP contribution in [0.3, 0.4) is 0 Å². The quantitative estimate of drug-likeness (QED) is 0.173.